The molecule has 0 aliphatic heterocycles. The van der Waals surface area contributed by atoms with Gasteiger partial charge in [-0.05, 0) is 37.6 Å². The average molecular weight is 308 g/mol. The van der Waals surface area contributed by atoms with E-state index in [-0.39, 0.29) is 5.76 Å². The Hall–Kier alpha value is -2.28. The number of aryl methyl sites for hydroxylation is 2. The fraction of sp³-hybridized carbons (Fsp3) is 0.214. The molecule has 6 nitrogen and oxygen atoms in total. The summed E-state index contributed by atoms with van der Waals surface area (Å²) in [5, 5.41) is 2.66. The van der Waals surface area contributed by atoms with Gasteiger partial charge in [-0.2, -0.15) is 0 Å². The van der Waals surface area contributed by atoms with E-state index in [0.29, 0.717) is 16.9 Å². The molecule has 0 spiro atoms. The third kappa shape index (κ3) is 3.85. The van der Waals surface area contributed by atoms with Gasteiger partial charge < -0.3 is 9.73 Å². The van der Waals surface area contributed by atoms with Crippen LogP contribution >= 0.6 is 0 Å². The van der Waals surface area contributed by atoms with Crippen LogP contribution < -0.4 is 10.0 Å². The number of hydrogen-bond acceptors (Lipinski definition) is 4. The maximum atomic E-state index is 12.1. The van der Waals surface area contributed by atoms with Crippen LogP contribution in [0, 0.1) is 13.8 Å². The van der Waals surface area contributed by atoms with Crippen molar-refractivity contribution >= 4 is 27.3 Å². The van der Waals surface area contributed by atoms with Crippen LogP contribution in [0.3, 0.4) is 0 Å². The van der Waals surface area contributed by atoms with E-state index in [0.717, 1.165) is 11.8 Å². The first-order valence-corrected chi connectivity index (χ1v) is 8.09. The van der Waals surface area contributed by atoms with E-state index in [1.165, 1.54) is 6.26 Å². The van der Waals surface area contributed by atoms with Crippen LogP contribution in [0.5, 0.6) is 0 Å². The number of nitrogens with one attached hydrogen (secondary N) is 2. The van der Waals surface area contributed by atoms with Gasteiger partial charge in [-0.3, -0.25) is 9.52 Å². The van der Waals surface area contributed by atoms with E-state index in [9.17, 15) is 13.2 Å². The third-order valence-electron chi connectivity index (χ3n) is 2.79. The molecule has 2 aromatic rings. The number of amides is 1. The van der Waals surface area contributed by atoms with Crippen LogP contribution in [-0.4, -0.2) is 20.6 Å². The quantitative estimate of drug-likeness (QED) is 0.908. The Morgan fingerprint density at radius 2 is 1.86 bits per heavy atom. The van der Waals surface area contributed by atoms with Crippen molar-refractivity contribution in [3.63, 3.8) is 0 Å². The molecule has 1 aromatic heterocycles. The second-order valence-corrected chi connectivity index (χ2v) is 6.56. The van der Waals surface area contributed by atoms with Gasteiger partial charge in [0.1, 0.15) is 0 Å². The number of carbonyl (C=O) groups excluding carboxylic acids is 1. The molecular weight excluding hydrogens is 292 g/mol. The number of benzene rings is 1. The summed E-state index contributed by atoms with van der Waals surface area (Å²) < 4.78 is 30.2. The summed E-state index contributed by atoms with van der Waals surface area (Å²) in [6, 6.07) is 6.72. The number of rotatable bonds is 4. The minimum absolute atomic E-state index is 0.196. The highest BCUT2D eigenvalue weighted by Gasteiger charge is 2.15. The second-order valence-electron chi connectivity index (χ2n) is 4.81. The van der Waals surface area contributed by atoms with Gasteiger partial charge in [-0.1, -0.05) is 6.07 Å². The predicted octanol–water partition coefficient (Wildman–Crippen LogP) is 2.52. The van der Waals surface area contributed by atoms with Crippen molar-refractivity contribution in [2.45, 2.75) is 13.8 Å². The lowest BCUT2D eigenvalue weighted by molar-refractivity contribution is 0.0996. The maximum Gasteiger partial charge on any atom is 0.291 e. The topological polar surface area (TPSA) is 88.4 Å². The highest BCUT2D eigenvalue weighted by atomic mass is 32.2. The van der Waals surface area contributed by atoms with E-state index < -0.39 is 15.9 Å². The molecule has 0 saturated carbocycles. The molecule has 0 aliphatic carbocycles. The number of hydrogen-bond donors (Lipinski definition) is 2. The van der Waals surface area contributed by atoms with Crippen molar-refractivity contribution in [1.29, 1.82) is 0 Å². The Morgan fingerprint density at radius 3 is 2.43 bits per heavy atom. The van der Waals surface area contributed by atoms with E-state index in [2.05, 4.69) is 10.0 Å². The van der Waals surface area contributed by atoms with Crippen LogP contribution in [0.2, 0.25) is 0 Å². The molecule has 0 bridgehead atoms. The molecular formula is C14H16N2O4S. The molecule has 0 saturated heterocycles. The molecule has 21 heavy (non-hydrogen) atoms. The van der Waals surface area contributed by atoms with Gasteiger partial charge in [0.05, 0.1) is 23.9 Å². The van der Waals surface area contributed by atoms with Gasteiger partial charge in [-0.25, -0.2) is 8.42 Å². The molecule has 1 amide bonds. The zero-order valence-corrected chi connectivity index (χ0v) is 12.7. The monoisotopic (exact) mass is 308 g/mol. The first-order valence-electron chi connectivity index (χ1n) is 6.20. The molecule has 2 rings (SSSR count). The first kappa shape index (κ1) is 15.1. The van der Waals surface area contributed by atoms with Crippen molar-refractivity contribution in [3.8, 4) is 0 Å². The molecule has 0 unspecified atom stereocenters. The lowest BCUT2D eigenvalue weighted by Gasteiger charge is -2.12. The Labute approximate surface area is 123 Å². The highest BCUT2D eigenvalue weighted by Crippen LogP contribution is 2.25. The number of furan rings is 1. The highest BCUT2D eigenvalue weighted by molar-refractivity contribution is 7.92. The predicted molar refractivity (Wildman–Crippen MR) is 81.0 cm³/mol. The van der Waals surface area contributed by atoms with Gasteiger partial charge in [0.25, 0.3) is 5.91 Å². The van der Waals surface area contributed by atoms with Crippen LogP contribution in [-0.2, 0) is 10.0 Å². The summed E-state index contributed by atoms with van der Waals surface area (Å²) in [7, 11) is -3.44. The summed E-state index contributed by atoms with van der Waals surface area (Å²) >= 11 is 0. The Kier molecular flexibility index (Phi) is 4.04. The van der Waals surface area contributed by atoms with Crippen molar-refractivity contribution < 1.29 is 17.6 Å². The molecule has 112 valence electrons. The summed E-state index contributed by atoms with van der Waals surface area (Å²) in [5.74, 6) is -0.235. The van der Waals surface area contributed by atoms with Crippen molar-refractivity contribution in [3.05, 3.63) is 47.4 Å². The Balaban J connectivity index is 2.33. The van der Waals surface area contributed by atoms with Crippen LogP contribution in [0.25, 0.3) is 0 Å². The van der Waals surface area contributed by atoms with E-state index in [1.54, 1.807) is 31.2 Å². The van der Waals surface area contributed by atoms with Gasteiger partial charge >= 0.3 is 0 Å². The van der Waals surface area contributed by atoms with Crippen LogP contribution in [0.1, 0.15) is 21.7 Å². The number of sulfonamides is 1. The summed E-state index contributed by atoms with van der Waals surface area (Å²) in [5.41, 5.74) is 2.28. The first-order chi connectivity index (χ1) is 9.76. The smallest absolute Gasteiger partial charge is 0.291 e. The summed E-state index contributed by atoms with van der Waals surface area (Å²) in [4.78, 5) is 12.1. The summed E-state index contributed by atoms with van der Waals surface area (Å²) in [6.45, 7) is 3.60. The zero-order chi connectivity index (χ0) is 15.6. The molecule has 1 heterocycles. The summed E-state index contributed by atoms with van der Waals surface area (Å²) in [6.07, 6.45) is 2.48. The standard InChI is InChI=1S/C14H16N2O4S/c1-9-4-5-11(16-21(3,18)19)12(8-9)15-14(17)13-10(2)6-7-20-13/h4-8,16H,1-3H3,(H,15,17). The van der Waals surface area contributed by atoms with Gasteiger partial charge in [0, 0.05) is 5.56 Å². The molecule has 0 fully saturated rings. The van der Waals surface area contributed by atoms with Crippen molar-refractivity contribution in [2.75, 3.05) is 16.3 Å². The molecule has 1 aromatic carbocycles. The molecule has 0 radical (unpaired) electrons. The van der Waals surface area contributed by atoms with E-state index in [1.807, 2.05) is 6.92 Å². The number of carbonyl (C=O) groups is 1. The molecule has 0 aliphatic rings. The lowest BCUT2D eigenvalue weighted by atomic mass is 10.2. The van der Waals surface area contributed by atoms with Gasteiger partial charge in [0.15, 0.2) is 5.76 Å². The molecule has 0 atom stereocenters. The normalized spacial score (nSPS) is 11.2. The second kappa shape index (κ2) is 5.61. The van der Waals surface area contributed by atoms with Crippen molar-refractivity contribution in [2.24, 2.45) is 0 Å². The Morgan fingerprint density at radius 1 is 1.14 bits per heavy atom. The average Bonchev–Trinajstić information content (AvgIpc) is 2.77. The lowest BCUT2D eigenvalue weighted by Crippen LogP contribution is -2.16. The third-order valence-corrected chi connectivity index (χ3v) is 3.38. The fourth-order valence-corrected chi connectivity index (χ4v) is 2.41. The van der Waals surface area contributed by atoms with E-state index in [4.69, 9.17) is 4.42 Å². The largest absolute Gasteiger partial charge is 0.459 e. The maximum absolute atomic E-state index is 12.1. The molecule has 2 N–H and O–H groups in total. The van der Waals surface area contributed by atoms with Crippen LogP contribution in [0.4, 0.5) is 11.4 Å². The SMILES string of the molecule is Cc1ccc(NS(C)(=O)=O)c(NC(=O)c2occc2C)c1. The van der Waals surface area contributed by atoms with Crippen LogP contribution in [0.15, 0.2) is 34.9 Å². The Bertz CT molecular complexity index is 778. The van der Waals surface area contributed by atoms with Gasteiger partial charge in [0.2, 0.25) is 10.0 Å². The fourth-order valence-electron chi connectivity index (χ4n) is 1.83. The zero-order valence-electron chi connectivity index (χ0n) is 11.9. The van der Waals surface area contributed by atoms with Gasteiger partial charge in [-0.15, -0.1) is 0 Å². The minimum Gasteiger partial charge on any atom is -0.459 e. The minimum atomic E-state index is -3.44. The van der Waals surface area contributed by atoms with Crippen molar-refractivity contribution in [1.82, 2.24) is 0 Å². The number of anilines is 2. The molecule has 7 heteroatoms. The van der Waals surface area contributed by atoms with E-state index >= 15 is 0 Å².